The zero-order valence-corrected chi connectivity index (χ0v) is 12.8. The Morgan fingerprint density at radius 1 is 1.25 bits per heavy atom. The van der Waals surface area contributed by atoms with Gasteiger partial charge in [0.15, 0.2) is 5.96 Å². The number of rotatable bonds is 9. The lowest BCUT2D eigenvalue weighted by atomic mass is 10.1. The lowest BCUT2D eigenvalue weighted by Crippen LogP contribution is -2.39. The summed E-state index contributed by atoms with van der Waals surface area (Å²) >= 11 is 0. The number of guanidine groups is 1. The fraction of sp³-hybridized carbons (Fsp3) is 0.929. The number of hydrogen-bond acceptors (Lipinski definition) is 4. The van der Waals surface area contributed by atoms with Gasteiger partial charge in [-0.2, -0.15) is 0 Å². The first kappa shape index (κ1) is 17.2. The van der Waals surface area contributed by atoms with Crippen LogP contribution in [0.4, 0.5) is 0 Å². The SMILES string of the molecule is CCNC(=NCCCOC1CCOCC1)NCCOC. The average Bonchev–Trinajstić information content (AvgIpc) is 2.48. The van der Waals surface area contributed by atoms with Crippen LogP contribution < -0.4 is 10.6 Å². The molecule has 0 bridgehead atoms. The van der Waals surface area contributed by atoms with Gasteiger partial charge in [-0.25, -0.2) is 0 Å². The largest absolute Gasteiger partial charge is 0.383 e. The van der Waals surface area contributed by atoms with Gasteiger partial charge in [0.1, 0.15) is 0 Å². The van der Waals surface area contributed by atoms with Crippen LogP contribution in [0.1, 0.15) is 26.2 Å². The van der Waals surface area contributed by atoms with E-state index >= 15 is 0 Å². The second-order valence-electron chi connectivity index (χ2n) is 4.72. The summed E-state index contributed by atoms with van der Waals surface area (Å²) < 4.78 is 16.1. The van der Waals surface area contributed by atoms with E-state index in [2.05, 4.69) is 22.5 Å². The van der Waals surface area contributed by atoms with E-state index in [1.54, 1.807) is 7.11 Å². The van der Waals surface area contributed by atoms with Crippen LogP contribution in [-0.4, -0.2) is 65.2 Å². The van der Waals surface area contributed by atoms with Crippen molar-refractivity contribution < 1.29 is 14.2 Å². The van der Waals surface area contributed by atoms with Crippen molar-refractivity contribution in [2.24, 2.45) is 4.99 Å². The molecule has 1 rings (SSSR count). The van der Waals surface area contributed by atoms with E-state index in [1.165, 1.54) is 0 Å². The molecule has 0 aromatic heterocycles. The minimum atomic E-state index is 0.376. The van der Waals surface area contributed by atoms with Gasteiger partial charge in [-0.15, -0.1) is 0 Å². The first-order chi connectivity index (χ1) is 9.86. The van der Waals surface area contributed by atoms with Crippen LogP contribution in [0.5, 0.6) is 0 Å². The molecule has 6 heteroatoms. The molecule has 0 amide bonds. The molecule has 0 aromatic rings. The van der Waals surface area contributed by atoms with Gasteiger partial charge < -0.3 is 24.8 Å². The number of methoxy groups -OCH3 is 1. The summed E-state index contributed by atoms with van der Waals surface area (Å²) in [4.78, 5) is 4.50. The van der Waals surface area contributed by atoms with Gasteiger partial charge >= 0.3 is 0 Å². The van der Waals surface area contributed by atoms with Crippen LogP contribution in [0, 0.1) is 0 Å². The van der Waals surface area contributed by atoms with Crippen molar-refractivity contribution in [1.82, 2.24) is 10.6 Å². The minimum Gasteiger partial charge on any atom is -0.383 e. The standard InChI is InChI=1S/C14H29N3O3/c1-3-15-14(17-8-12-18-2)16-7-4-9-20-13-5-10-19-11-6-13/h13H,3-12H2,1-2H3,(H2,15,16,17). The van der Waals surface area contributed by atoms with E-state index < -0.39 is 0 Å². The zero-order chi connectivity index (χ0) is 14.5. The summed E-state index contributed by atoms with van der Waals surface area (Å²) in [5, 5.41) is 6.43. The average molecular weight is 287 g/mol. The molecule has 1 aliphatic rings. The maximum Gasteiger partial charge on any atom is 0.191 e. The maximum atomic E-state index is 5.81. The van der Waals surface area contributed by atoms with Gasteiger partial charge in [-0.05, 0) is 26.2 Å². The molecule has 0 spiro atoms. The van der Waals surface area contributed by atoms with Crippen LogP contribution in [0.15, 0.2) is 4.99 Å². The van der Waals surface area contributed by atoms with Crippen LogP contribution in [-0.2, 0) is 14.2 Å². The van der Waals surface area contributed by atoms with Gasteiger partial charge in [0.25, 0.3) is 0 Å². The van der Waals surface area contributed by atoms with Gasteiger partial charge in [-0.1, -0.05) is 0 Å². The van der Waals surface area contributed by atoms with Crippen molar-refractivity contribution in [2.45, 2.75) is 32.3 Å². The molecule has 0 unspecified atom stereocenters. The molecule has 6 nitrogen and oxygen atoms in total. The molecule has 118 valence electrons. The van der Waals surface area contributed by atoms with Crippen molar-refractivity contribution in [1.29, 1.82) is 0 Å². The molecule has 20 heavy (non-hydrogen) atoms. The Kier molecular flexibility index (Phi) is 10.3. The minimum absolute atomic E-state index is 0.376. The maximum absolute atomic E-state index is 5.81. The third kappa shape index (κ3) is 8.35. The molecule has 0 aromatic carbocycles. The smallest absolute Gasteiger partial charge is 0.191 e. The molecule has 1 fully saturated rings. The molecule has 1 heterocycles. The van der Waals surface area contributed by atoms with E-state index in [4.69, 9.17) is 14.2 Å². The highest BCUT2D eigenvalue weighted by atomic mass is 16.5. The topological polar surface area (TPSA) is 64.1 Å². The Morgan fingerprint density at radius 2 is 2.05 bits per heavy atom. The van der Waals surface area contributed by atoms with Gasteiger partial charge in [0.05, 0.1) is 12.7 Å². The fourth-order valence-electron chi connectivity index (χ4n) is 1.96. The molecule has 1 aliphatic heterocycles. The lowest BCUT2D eigenvalue weighted by Gasteiger charge is -2.22. The molecule has 0 atom stereocenters. The molecule has 0 radical (unpaired) electrons. The molecule has 0 aliphatic carbocycles. The van der Waals surface area contributed by atoms with Crippen molar-refractivity contribution in [3.8, 4) is 0 Å². The summed E-state index contributed by atoms with van der Waals surface area (Å²) in [6, 6.07) is 0. The first-order valence-electron chi connectivity index (χ1n) is 7.57. The predicted octanol–water partition coefficient (Wildman–Crippen LogP) is 0.774. The lowest BCUT2D eigenvalue weighted by molar-refractivity contribution is -0.0318. The van der Waals surface area contributed by atoms with Crippen molar-refractivity contribution in [3.05, 3.63) is 0 Å². The highest BCUT2D eigenvalue weighted by molar-refractivity contribution is 5.79. The molecular weight excluding hydrogens is 258 g/mol. The Bertz CT molecular complexity index is 256. The molecule has 1 saturated heterocycles. The van der Waals surface area contributed by atoms with Gasteiger partial charge in [-0.3, -0.25) is 4.99 Å². The normalized spacial score (nSPS) is 17.2. The van der Waals surface area contributed by atoms with Crippen molar-refractivity contribution >= 4 is 5.96 Å². The Morgan fingerprint density at radius 3 is 2.75 bits per heavy atom. The van der Waals surface area contributed by atoms with E-state index in [9.17, 15) is 0 Å². The second-order valence-corrected chi connectivity index (χ2v) is 4.72. The Labute approximate surface area is 122 Å². The third-order valence-electron chi connectivity index (χ3n) is 3.04. The highest BCUT2D eigenvalue weighted by Crippen LogP contribution is 2.10. The van der Waals surface area contributed by atoms with Crippen LogP contribution in [0.2, 0.25) is 0 Å². The number of nitrogens with zero attached hydrogens (tertiary/aromatic N) is 1. The van der Waals surface area contributed by atoms with Gasteiger partial charge in [0.2, 0.25) is 0 Å². The van der Waals surface area contributed by atoms with E-state index in [0.717, 1.165) is 64.7 Å². The second kappa shape index (κ2) is 11.9. The summed E-state index contributed by atoms with van der Waals surface area (Å²) in [5.74, 6) is 0.843. The first-order valence-corrected chi connectivity index (χ1v) is 7.57. The molecular formula is C14H29N3O3. The van der Waals surface area contributed by atoms with E-state index in [1.807, 2.05) is 0 Å². The summed E-state index contributed by atoms with van der Waals surface area (Å²) in [6.07, 6.45) is 3.36. The number of ether oxygens (including phenoxy) is 3. The van der Waals surface area contributed by atoms with E-state index in [0.29, 0.717) is 12.7 Å². The summed E-state index contributed by atoms with van der Waals surface area (Å²) in [7, 11) is 1.69. The molecule has 2 N–H and O–H groups in total. The molecule has 0 saturated carbocycles. The number of nitrogens with one attached hydrogen (secondary N) is 2. The van der Waals surface area contributed by atoms with Crippen molar-refractivity contribution in [3.63, 3.8) is 0 Å². The predicted molar refractivity (Wildman–Crippen MR) is 80.3 cm³/mol. The number of hydrogen-bond donors (Lipinski definition) is 2. The van der Waals surface area contributed by atoms with Crippen molar-refractivity contribution in [2.75, 3.05) is 53.2 Å². The highest BCUT2D eigenvalue weighted by Gasteiger charge is 2.13. The van der Waals surface area contributed by atoms with Crippen LogP contribution in [0.25, 0.3) is 0 Å². The summed E-state index contributed by atoms with van der Waals surface area (Å²) in [5.41, 5.74) is 0. The summed E-state index contributed by atoms with van der Waals surface area (Å²) in [6.45, 7) is 7.56. The Balaban J connectivity index is 2.08. The number of aliphatic imine (C=N–C) groups is 1. The monoisotopic (exact) mass is 287 g/mol. The third-order valence-corrected chi connectivity index (χ3v) is 3.04. The van der Waals surface area contributed by atoms with Crippen LogP contribution >= 0.6 is 0 Å². The van der Waals surface area contributed by atoms with Gasteiger partial charge in [0, 0.05) is 46.6 Å². The van der Waals surface area contributed by atoms with E-state index in [-0.39, 0.29) is 0 Å². The zero-order valence-electron chi connectivity index (χ0n) is 12.8. The fourth-order valence-corrected chi connectivity index (χ4v) is 1.96. The van der Waals surface area contributed by atoms with Crippen LogP contribution in [0.3, 0.4) is 0 Å². The Hall–Kier alpha value is -0.850. The quantitative estimate of drug-likeness (QED) is 0.373.